The number of morpholine rings is 1. The largest absolute Gasteiger partial charge is 0.378 e. The second-order valence-electron chi connectivity index (χ2n) is 4.58. The molecule has 0 radical (unpaired) electrons. The van der Waals surface area contributed by atoms with Gasteiger partial charge in [0.05, 0.1) is 19.8 Å². The van der Waals surface area contributed by atoms with E-state index in [0.717, 1.165) is 32.7 Å². The molecule has 1 N–H and O–H groups in total. The van der Waals surface area contributed by atoms with Gasteiger partial charge in [-0.05, 0) is 6.92 Å². The summed E-state index contributed by atoms with van der Waals surface area (Å²) >= 11 is 0. The Balaban J connectivity index is 1.77. The van der Waals surface area contributed by atoms with Gasteiger partial charge in [0.1, 0.15) is 0 Å². The molecule has 5 nitrogen and oxygen atoms in total. The summed E-state index contributed by atoms with van der Waals surface area (Å²) in [6, 6.07) is 0.492. The van der Waals surface area contributed by atoms with Crippen LogP contribution in [0.1, 0.15) is 6.92 Å². The normalized spacial score (nSPS) is 28.1. The van der Waals surface area contributed by atoms with Gasteiger partial charge in [-0.1, -0.05) is 0 Å². The zero-order valence-corrected chi connectivity index (χ0v) is 9.95. The number of amides is 1. The number of rotatable bonds is 2. The molecule has 5 heteroatoms. The highest BCUT2D eigenvalue weighted by Gasteiger charge is 2.22. The molecule has 2 aliphatic heterocycles. The Morgan fingerprint density at radius 3 is 2.81 bits per heavy atom. The smallest absolute Gasteiger partial charge is 0.236 e. The van der Waals surface area contributed by atoms with Crippen molar-refractivity contribution in [2.75, 3.05) is 52.5 Å². The summed E-state index contributed by atoms with van der Waals surface area (Å²) in [5.41, 5.74) is 0. The number of piperazine rings is 1. The first kappa shape index (κ1) is 11.8. The fourth-order valence-electron chi connectivity index (χ4n) is 2.26. The number of carbonyl (C=O) groups excluding carboxylic acids is 1. The monoisotopic (exact) mass is 227 g/mol. The molecular formula is C11H21N3O2. The van der Waals surface area contributed by atoms with Crippen molar-refractivity contribution in [2.24, 2.45) is 0 Å². The van der Waals surface area contributed by atoms with E-state index in [1.807, 2.05) is 4.90 Å². The maximum absolute atomic E-state index is 12.0. The van der Waals surface area contributed by atoms with E-state index in [2.05, 4.69) is 17.1 Å². The van der Waals surface area contributed by atoms with Crippen LogP contribution < -0.4 is 5.32 Å². The van der Waals surface area contributed by atoms with Gasteiger partial charge in [-0.25, -0.2) is 0 Å². The standard InChI is InChI=1S/C11H21N3O2/c1-10-8-13(3-2-12-10)9-11(15)14-4-6-16-7-5-14/h10,12H,2-9H2,1H3. The molecule has 2 aliphatic rings. The van der Waals surface area contributed by atoms with Crippen LogP contribution in [-0.2, 0) is 9.53 Å². The quantitative estimate of drug-likeness (QED) is 0.667. The van der Waals surface area contributed by atoms with Crippen LogP contribution in [0, 0.1) is 0 Å². The van der Waals surface area contributed by atoms with E-state index >= 15 is 0 Å². The second-order valence-corrected chi connectivity index (χ2v) is 4.58. The van der Waals surface area contributed by atoms with Gasteiger partial charge in [0.15, 0.2) is 0 Å². The number of hydrogen-bond donors (Lipinski definition) is 1. The lowest BCUT2D eigenvalue weighted by Gasteiger charge is -2.34. The van der Waals surface area contributed by atoms with Crippen molar-refractivity contribution in [3.8, 4) is 0 Å². The van der Waals surface area contributed by atoms with Crippen molar-refractivity contribution in [3.05, 3.63) is 0 Å². The van der Waals surface area contributed by atoms with E-state index in [1.165, 1.54) is 0 Å². The summed E-state index contributed by atoms with van der Waals surface area (Å²) in [6.07, 6.45) is 0. The number of nitrogens with one attached hydrogen (secondary N) is 1. The van der Waals surface area contributed by atoms with E-state index in [4.69, 9.17) is 4.74 Å². The van der Waals surface area contributed by atoms with Gasteiger partial charge in [0.25, 0.3) is 0 Å². The highest BCUT2D eigenvalue weighted by atomic mass is 16.5. The predicted molar refractivity (Wildman–Crippen MR) is 61.3 cm³/mol. The molecule has 2 fully saturated rings. The first-order valence-electron chi connectivity index (χ1n) is 6.07. The molecule has 0 aromatic carbocycles. The lowest BCUT2D eigenvalue weighted by molar-refractivity contribution is -0.136. The summed E-state index contributed by atoms with van der Waals surface area (Å²) in [4.78, 5) is 16.1. The zero-order valence-electron chi connectivity index (χ0n) is 9.95. The number of carbonyl (C=O) groups is 1. The van der Waals surface area contributed by atoms with Gasteiger partial charge < -0.3 is 15.0 Å². The Kier molecular flexibility index (Phi) is 4.15. The molecule has 2 saturated heterocycles. The van der Waals surface area contributed by atoms with Crippen LogP contribution in [0.2, 0.25) is 0 Å². The average molecular weight is 227 g/mol. The first-order chi connectivity index (χ1) is 7.75. The molecular weight excluding hydrogens is 206 g/mol. The second kappa shape index (κ2) is 5.61. The Morgan fingerprint density at radius 1 is 1.38 bits per heavy atom. The van der Waals surface area contributed by atoms with Crippen molar-refractivity contribution < 1.29 is 9.53 Å². The summed E-state index contributed by atoms with van der Waals surface area (Å²) in [5.74, 6) is 0.248. The third kappa shape index (κ3) is 3.17. The fourth-order valence-corrected chi connectivity index (χ4v) is 2.26. The van der Waals surface area contributed by atoms with Crippen molar-refractivity contribution >= 4 is 5.91 Å². The molecule has 1 amide bonds. The average Bonchev–Trinajstić information content (AvgIpc) is 2.30. The maximum Gasteiger partial charge on any atom is 0.236 e. The molecule has 92 valence electrons. The van der Waals surface area contributed by atoms with Crippen molar-refractivity contribution in [2.45, 2.75) is 13.0 Å². The van der Waals surface area contributed by atoms with Crippen LogP contribution in [0.15, 0.2) is 0 Å². The van der Waals surface area contributed by atoms with E-state index < -0.39 is 0 Å². The molecule has 1 atom stereocenters. The van der Waals surface area contributed by atoms with Crippen LogP contribution in [0.3, 0.4) is 0 Å². The minimum absolute atomic E-state index is 0.248. The highest BCUT2D eigenvalue weighted by Crippen LogP contribution is 2.02. The Bertz CT molecular complexity index is 241. The summed E-state index contributed by atoms with van der Waals surface area (Å²) < 4.78 is 5.24. The van der Waals surface area contributed by atoms with Gasteiger partial charge in [-0.15, -0.1) is 0 Å². The number of nitrogens with zero attached hydrogens (tertiary/aromatic N) is 2. The third-order valence-corrected chi connectivity index (χ3v) is 3.18. The molecule has 0 aromatic heterocycles. The molecule has 0 aromatic rings. The molecule has 0 aliphatic carbocycles. The van der Waals surface area contributed by atoms with Gasteiger partial charge in [-0.3, -0.25) is 9.69 Å². The fraction of sp³-hybridized carbons (Fsp3) is 0.909. The van der Waals surface area contributed by atoms with Gasteiger partial charge in [0.2, 0.25) is 5.91 Å². The van der Waals surface area contributed by atoms with Crippen molar-refractivity contribution in [3.63, 3.8) is 0 Å². The topological polar surface area (TPSA) is 44.8 Å². The van der Waals surface area contributed by atoms with E-state index in [0.29, 0.717) is 25.8 Å². The van der Waals surface area contributed by atoms with Crippen LogP contribution in [0.5, 0.6) is 0 Å². The molecule has 16 heavy (non-hydrogen) atoms. The van der Waals surface area contributed by atoms with Crippen LogP contribution >= 0.6 is 0 Å². The Labute approximate surface area is 96.7 Å². The van der Waals surface area contributed by atoms with E-state index in [-0.39, 0.29) is 5.91 Å². The minimum Gasteiger partial charge on any atom is -0.378 e. The van der Waals surface area contributed by atoms with Gasteiger partial charge >= 0.3 is 0 Å². The number of hydrogen-bond acceptors (Lipinski definition) is 4. The Morgan fingerprint density at radius 2 is 2.12 bits per heavy atom. The molecule has 2 heterocycles. The highest BCUT2D eigenvalue weighted by molar-refractivity contribution is 5.78. The third-order valence-electron chi connectivity index (χ3n) is 3.18. The minimum atomic E-state index is 0.248. The van der Waals surface area contributed by atoms with Crippen LogP contribution in [0.4, 0.5) is 0 Å². The summed E-state index contributed by atoms with van der Waals surface area (Å²) in [6.45, 7) is 8.51. The summed E-state index contributed by atoms with van der Waals surface area (Å²) in [7, 11) is 0. The molecule has 0 saturated carbocycles. The van der Waals surface area contributed by atoms with Crippen molar-refractivity contribution in [1.82, 2.24) is 15.1 Å². The van der Waals surface area contributed by atoms with Crippen LogP contribution in [-0.4, -0.2) is 74.2 Å². The zero-order chi connectivity index (χ0) is 11.4. The SMILES string of the molecule is CC1CN(CC(=O)N2CCOCC2)CCN1. The first-order valence-corrected chi connectivity index (χ1v) is 6.07. The molecule has 0 spiro atoms. The molecule has 1 unspecified atom stereocenters. The van der Waals surface area contributed by atoms with Crippen molar-refractivity contribution in [1.29, 1.82) is 0 Å². The Hall–Kier alpha value is -0.650. The van der Waals surface area contributed by atoms with Gasteiger partial charge in [0, 0.05) is 38.8 Å². The molecule has 2 rings (SSSR count). The van der Waals surface area contributed by atoms with E-state index in [1.54, 1.807) is 0 Å². The summed E-state index contributed by atoms with van der Waals surface area (Å²) in [5, 5.41) is 3.38. The lowest BCUT2D eigenvalue weighted by atomic mass is 10.2. The van der Waals surface area contributed by atoms with E-state index in [9.17, 15) is 4.79 Å². The predicted octanol–water partition coefficient (Wildman–Crippen LogP) is -0.861. The number of ether oxygens (including phenoxy) is 1. The molecule has 0 bridgehead atoms. The lowest BCUT2D eigenvalue weighted by Crippen LogP contribution is -2.53. The maximum atomic E-state index is 12.0. The van der Waals surface area contributed by atoms with Crippen LogP contribution in [0.25, 0.3) is 0 Å². The van der Waals surface area contributed by atoms with Gasteiger partial charge in [-0.2, -0.15) is 0 Å².